The Kier molecular flexibility index (Phi) is 8.81. The number of carbonyl (C=O) groups is 2. The lowest BCUT2D eigenvalue weighted by Crippen LogP contribution is -2.07. The summed E-state index contributed by atoms with van der Waals surface area (Å²) in [6.07, 6.45) is 4.80. The number of rotatable bonds is 14. The van der Waals surface area contributed by atoms with Crippen LogP contribution in [-0.4, -0.2) is 39.9 Å². The van der Waals surface area contributed by atoms with Crippen molar-refractivity contribution in [2.45, 2.75) is 38.6 Å². The van der Waals surface area contributed by atoms with Crippen LogP contribution >= 0.6 is 0 Å². The Balaban J connectivity index is 1.31. The third-order valence-corrected chi connectivity index (χ3v) is 6.14. The molecule has 0 aliphatic carbocycles. The fourth-order valence-electron chi connectivity index (χ4n) is 4.43. The number of hydrogen-bond donors (Lipinski definition) is 2. The van der Waals surface area contributed by atoms with Gasteiger partial charge in [-0.15, -0.1) is 0 Å². The molecule has 1 heterocycles. The number of hydrogen-bond acceptors (Lipinski definition) is 4. The molecule has 0 unspecified atom stereocenters. The van der Waals surface area contributed by atoms with E-state index in [1.807, 2.05) is 72.8 Å². The first-order valence-corrected chi connectivity index (χ1v) is 12.4. The van der Waals surface area contributed by atoms with E-state index in [1.165, 1.54) is 0 Å². The second kappa shape index (κ2) is 12.6. The van der Waals surface area contributed by atoms with Crippen molar-refractivity contribution >= 4 is 22.8 Å². The molecule has 0 aliphatic rings. The molecular weight excluding hydrogens is 470 g/mol. The lowest BCUT2D eigenvalue weighted by Gasteiger charge is -2.09. The molecule has 7 heteroatoms. The molecule has 0 amide bonds. The molecular formula is C30H31NO6. The minimum atomic E-state index is -0.966. The summed E-state index contributed by atoms with van der Waals surface area (Å²) in [5.41, 5.74) is 3.53. The van der Waals surface area contributed by atoms with Crippen LogP contribution in [0.2, 0.25) is 0 Å². The number of aryl methyl sites for hydroxylation is 2. The van der Waals surface area contributed by atoms with Crippen LogP contribution in [-0.2, 0) is 35.4 Å². The second-order valence-electron chi connectivity index (χ2n) is 8.92. The molecule has 1 aromatic heterocycles. The van der Waals surface area contributed by atoms with Crippen LogP contribution in [0.5, 0.6) is 11.5 Å². The van der Waals surface area contributed by atoms with Gasteiger partial charge in [-0.3, -0.25) is 9.59 Å². The van der Waals surface area contributed by atoms with Gasteiger partial charge in [-0.25, -0.2) is 0 Å². The van der Waals surface area contributed by atoms with Crippen molar-refractivity contribution in [2.24, 2.45) is 0 Å². The normalized spacial score (nSPS) is 10.9. The van der Waals surface area contributed by atoms with Crippen LogP contribution in [0.1, 0.15) is 29.5 Å². The molecule has 0 fully saturated rings. The number of benzene rings is 3. The number of carboxylic acids is 2. The van der Waals surface area contributed by atoms with Crippen molar-refractivity contribution < 1.29 is 29.3 Å². The monoisotopic (exact) mass is 501 g/mol. The average molecular weight is 502 g/mol. The summed E-state index contributed by atoms with van der Waals surface area (Å²) in [5, 5.41) is 19.4. The van der Waals surface area contributed by atoms with E-state index in [9.17, 15) is 19.8 Å². The maximum absolute atomic E-state index is 11.4. The molecule has 0 spiro atoms. The van der Waals surface area contributed by atoms with E-state index in [1.54, 1.807) is 10.8 Å². The molecule has 37 heavy (non-hydrogen) atoms. The van der Waals surface area contributed by atoms with Crippen LogP contribution < -0.4 is 9.47 Å². The van der Waals surface area contributed by atoms with Gasteiger partial charge in [0.15, 0.2) is 0 Å². The van der Waals surface area contributed by atoms with E-state index in [-0.39, 0.29) is 13.0 Å². The maximum atomic E-state index is 11.4. The van der Waals surface area contributed by atoms with E-state index >= 15 is 0 Å². The molecule has 0 bridgehead atoms. The Morgan fingerprint density at radius 2 is 1.38 bits per heavy atom. The minimum Gasteiger partial charge on any atom is -0.494 e. The van der Waals surface area contributed by atoms with E-state index in [2.05, 4.69) is 0 Å². The highest BCUT2D eigenvalue weighted by atomic mass is 16.5. The van der Waals surface area contributed by atoms with E-state index in [0.717, 1.165) is 52.8 Å². The Bertz CT molecular complexity index is 1330. The largest absolute Gasteiger partial charge is 0.494 e. The molecule has 4 aromatic rings. The van der Waals surface area contributed by atoms with Gasteiger partial charge < -0.3 is 24.3 Å². The predicted molar refractivity (Wildman–Crippen MR) is 141 cm³/mol. The number of aliphatic carboxylic acids is 2. The highest BCUT2D eigenvalue weighted by molar-refractivity contribution is 5.91. The van der Waals surface area contributed by atoms with Crippen LogP contribution in [0.4, 0.5) is 0 Å². The van der Waals surface area contributed by atoms with Crippen molar-refractivity contribution in [3.8, 4) is 11.5 Å². The zero-order valence-corrected chi connectivity index (χ0v) is 20.6. The van der Waals surface area contributed by atoms with Crippen LogP contribution in [0.3, 0.4) is 0 Å². The Hall–Kier alpha value is -4.26. The van der Waals surface area contributed by atoms with Gasteiger partial charge in [0.2, 0.25) is 0 Å². The Labute approximate surface area is 215 Å². The first-order chi connectivity index (χ1) is 18.0. The molecule has 192 valence electrons. The third kappa shape index (κ3) is 7.36. The lowest BCUT2D eigenvalue weighted by atomic mass is 9.98. The Morgan fingerprint density at radius 3 is 2.03 bits per heavy atom. The number of para-hydroxylation sites is 1. The molecule has 0 aliphatic heterocycles. The van der Waals surface area contributed by atoms with Crippen LogP contribution in [0.25, 0.3) is 10.9 Å². The Morgan fingerprint density at radius 1 is 0.703 bits per heavy atom. The summed E-state index contributed by atoms with van der Waals surface area (Å²) in [4.78, 5) is 22.7. The zero-order chi connectivity index (χ0) is 26.0. The molecule has 7 nitrogen and oxygen atoms in total. The predicted octanol–water partition coefficient (Wildman–Crippen LogP) is 5.38. The van der Waals surface area contributed by atoms with Gasteiger partial charge in [-0.1, -0.05) is 42.5 Å². The number of carboxylic acid groups (broad SMARTS) is 2. The molecule has 3 aromatic carbocycles. The standard InChI is InChI=1S/C30H31NO6/c32-28(33)19-24-20-31(21-29(34)35)27-10-6-7-23(30(24)27)14-11-22-12-15-26(16-13-22)37-18-5-4-17-36-25-8-2-1-3-9-25/h1-3,6-10,12-13,15-16,20H,4-5,11,14,17-19,21H2,(H,32,33)(H,34,35). The summed E-state index contributed by atoms with van der Waals surface area (Å²) in [5.74, 6) is -0.203. The molecule has 0 saturated carbocycles. The first-order valence-electron chi connectivity index (χ1n) is 12.4. The van der Waals surface area contributed by atoms with Gasteiger partial charge in [0, 0.05) is 17.1 Å². The third-order valence-electron chi connectivity index (χ3n) is 6.14. The quantitative estimate of drug-likeness (QED) is 0.225. The second-order valence-corrected chi connectivity index (χ2v) is 8.92. The highest BCUT2D eigenvalue weighted by Gasteiger charge is 2.16. The average Bonchev–Trinajstić information content (AvgIpc) is 3.22. The SMILES string of the molecule is O=C(O)Cc1cn(CC(=O)O)c2cccc(CCc3ccc(OCCCCOc4ccccc4)cc3)c12. The van der Waals surface area contributed by atoms with E-state index in [0.29, 0.717) is 25.2 Å². The minimum absolute atomic E-state index is 0.148. The van der Waals surface area contributed by atoms with Gasteiger partial charge in [0.25, 0.3) is 0 Å². The van der Waals surface area contributed by atoms with Crippen LogP contribution in [0.15, 0.2) is 79.0 Å². The summed E-state index contributed by atoms with van der Waals surface area (Å²) < 4.78 is 13.2. The van der Waals surface area contributed by atoms with Gasteiger partial charge >= 0.3 is 11.9 Å². The van der Waals surface area contributed by atoms with Crippen molar-refractivity contribution in [3.05, 3.63) is 95.7 Å². The fourth-order valence-corrected chi connectivity index (χ4v) is 4.43. The highest BCUT2D eigenvalue weighted by Crippen LogP contribution is 2.27. The summed E-state index contributed by atoms with van der Waals surface area (Å²) in [7, 11) is 0. The first kappa shape index (κ1) is 25.8. The fraction of sp³-hybridized carbons (Fsp3) is 0.267. The topological polar surface area (TPSA) is 98.0 Å². The number of fused-ring (bicyclic) bond motifs is 1. The van der Waals surface area contributed by atoms with E-state index < -0.39 is 11.9 Å². The lowest BCUT2D eigenvalue weighted by molar-refractivity contribution is -0.138. The maximum Gasteiger partial charge on any atom is 0.323 e. The van der Waals surface area contributed by atoms with E-state index in [4.69, 9.17) is 9.47 Å². The van der Waals surface area contributed by atoms with Gasteiger partial charge in [0.1, 0.15) is 18.0 Å². The number of unbranched alkanes of at least 4 members (excludes halogenated alkanes) is 1. The zero-order valence-electron chi connectivity index (χ0n) is 20.6. The molecule has 0 radical (unpaired) electrons. The number of ether oxygens (including phenoxy) is 2. The summed E-state index contributed by atoms with van der Waals surface area (Å²) in [6, 6.07) is 23.5. The van der Waals surface area contributed by atoms with Crippen molar-refractivity contribution in [3.63, 3.8) is 0 Å². The smallest absolute Gasteiger partial charge is 0.323 e. The molecule has 4 rings (SSSR count). The van der Waals surface area contributed by atoms with Gasteiger partial charge in [-0.05, 0) is 72.7 Å². The molecule has 0 saturated heterocycles. The van der Waals surface area contributed by atoms with Crippen molar-refractivity contribution in [2.75, 3.05) is 13.2 Å². The van der Waals surface area contributed by atoms with Crippen LogP contribution in [0, 0.1) is 0 Å². The number of aromatic nitrogens is 1. The molecule has 2 N–H and O–H groups in total. The van der Waals surface area contributed by atoms with Gasteiger partial charge in [-0.2, -0.15) is 0 Å². The number of nitrogens with zero attached hydrogens (tertiary/aromatic N) is 1. The van der Waals surface area contributed by atoms with Crippen molar-refractivity contribution in [1.29, 1.82) is 0 Å². The molecule has 0 atom stereocenters. The summed E-state index contributed by atoms with van der Waals surface area (Å²) >= 11 is 0. The van der Waals surface area contributed by atoms with Crippen molar-refractivity contribution in [1.82, 2.24) is 4.57 Å². The van der Waals surface area contributed by atoms with Gasteiger partial charge in [0.05, 0.1) is 19.6 Å². The summed E-state index contributed by atoms with van der Waals surface area (Å²) in [6.45, 7) is 1.08.